The molecule has 0 aliphatic heterocycles. The number of carbonyl (C=O) groups excluding carboxylic acids is 1. The lowest BCUT2D eigenvalue weighted by Crippen LogP contribution is -2.34. The van der Waals surface area contributed by atoms with Crippen LogP contribution in [0.5, 0.6) is 0 Å². The van der Waals surface area contributed by atoms with E-state index in [9.17, 15) is 4.79 Å². The van der Waals surface area contributed by atoms with Gasteiger partial charge in [-0.3, -0.25) is 4.90 Å². The SMILES string of the molecule is O=C(Nc1ccccc1)N(Cc1ccco1)c1ccc(Cl)cc1. The van der Waals surface area contributed by atoms with Gasteiger partial charge in [-0.05, 0) is 48.5 Å². The minimum atomic E-state index is -0.241. The first-order valence-corrected chi connectivity index (χ1v) is 7.52. The minimum absolute atomic E-state index is 0.241. The molecule has 1 aromatic heterocycles. The largest absolute Gasteiger partial charge is 0.467 e. The molecule has 4 nitrogen and oxygen atoms in total. The topological polar surface area (TPSA) is 45.5 Å². The summed E-state index contributed by atoms with van der Waals surface area (Å²) in [6.45, 7) is 0.327. The monoisotopic (exact) mass is 326 g/mol. The molecule has 3 aromatic rings. The number of urea groups is 1. The highest BCUT2D eigenvalue weighted by molar-refractivity contribution is 6.30. The van der Waals surface area contributed by atoms with E-state index >= 15 is 0 Å². The second-order valence-corrected chi connectivity index (χ2v) is 5.37. The molecule has 0 fully saturated rings. The number of para-hydroxylation sites is 1. The van der Waals surface area contributed by atoms with Crippen LogP contribution in [-0.4, -0.2) is 6.03 Å². The first kappa shape index (κ1) is 15.2. The maximum atomic E-state index is 12.7. The van der Waals surface area contributed by atoms with Crippen LogP contribution in [0.1, 0.15) is 5.76 Å². The van der Waals surface area contributed by atoms with Crippen molar-refractivity contribution < 1.29 is 9.21 Å². The van der Waals surface area contributed by atoms with Crippen molar-refractivity contribution in [3.63, 3.8) is 0 Å². The van der Waals surface area contributed by atoms with Crippen molar-refractivity contribution in [2.75, 3.05) is 10.2 Å². The molecule has 0 aliphatic rings. The Kier molecular flexibility index (Phi) is 4.64. The van der Waals surface area contributed by atoms with Crippen LogP contribution in [-0.2, 0) is 6.54 Å². The Morgan fingerprint density at radius 3 is 2.39 bits per heavy atom. The van der Waals surface area contributed by atoms with Crippen molar-refractivity contribution >= 4 is 29.0 Å². The molecule has 5 heteroatoms. The Hall–Kier alpha value is -2.72. The van der Waals surface area contributed by atoms with E-state index in [2.05, 4.69) is 5.32 Å². The molecule has 23 heavy (non-hydrogen) atoms. The zero-order valence-electron chi connectivity index (χ0n) is 12.3. The molecule has 1 heterocycles. The van der Waals surface area contributed by atoms with Crippen molar-refractivity contribution in [1.82, 2.24) is 0 Å². The molecule has 0 saturated heterocycles. The van der Waals surface area contributed by atoms with Gasteiger partial charge in [-0.1, -0.05) is 29.8 Å². The van der Waals surface area contributed by atoms with Gasteiger partial charge in [-0.25, -0.2) is 4.79 Å². The number of hydrogen-bond acceptors (Lipinski definition) is 2. The molecule has 0 atom stereocenters. The lowest BCUT2D eigenvalue weighted by molar-refractivity contribution is 0.256. The summed E-state index contributed by atoms with van der Waals surface area (Å²) in [6.07, 6.45) is 1.59. The fourth-order valence-corrected chi connectivity index (χ4v) is 2.30. The van der Waals surface area contributed by atoms with Crippen LogP contribution in [0.4, 0.5) is 16.2 Å². The highest BCUT2D eigenvalue weighted by Crippen LogP contribution is 2.21. The molecule has 2 amide bonds. The van der Waals surface area contributed by atoms with Gasteiger partial charge < -0.3 is 9.73 Å². The van der Waals surface area contributed by atoms with Gasteiger partial charge in [0.05, 0.1) is 12.8 Å². The molecule has 0 aliphatic carbocycles. The summed E-state index contributed by atoms with van der Waals surface area (Å²) in [6, 6.07) is 19.8. The van der Waals surface area contributed by atoms with Crippen molar-refractivity contribution in [3.05, 3.63) is 83.8 Å². The summed E-state index contributed by atoms with van der Waals surface area (Å²) in [7, 11) is 0. The lowest BCUT2D eigenvalue weighted by Gasteiger charge is -2.22. The standard InChI is InChI=1S/C18H15ClN2O2/c19-14-8-10-16(11-9-14)21(13-17-7-4-12-23-17)18(22)20-15-5-2-1-3-6-15/h1-12H,13H2,(H,20,22). The number of benzene rings is 2. The maximum Gasteiger partial charge on any atom is 0.326 e. The summed E-state index contributed by atoms with van der Waals surface area (Å²) in [5.74, 6) is 0.697. The fourth-order valence-electron chi connectivity index (χ4n) is 2.17. The molecule has 1 N–H and O–H groups in total. The van der Waals surface area contributed by atoms with Gasteiger partial charge in [0.25, 0.3) is 0 Å². The molecular weight excluding hydrogens is 312 g/mol. The number of halogens is 1. The average molecular weight is 327 g/mol. The van der Waals surface area contributed by atoms with E-state index in [1.54, 1.807) is 41.5 Å². The number of carbonyl (C=O) groups is 1. The highest BCUT2D eigenvalue weighted by Gasteiger charge is 2.17. The van der Waals surface area contributed by atoms with Gasteiger partial charge >= 0.3 is 6.03 Å². The minimum Gasteiger partial charge on any atom is -0.467 e. The molecule has 116 valence electrons. The van der Waals surface area contributed by atoms with E-state index in [1.807, 2.05) is 36.4 Å². The van der Waals surface area contributed by atoms with Crippen molar-refractivity contribution in [2.24, 2.45) is 0 Å². The van der Waals surface area contributed by atoms with E-state index in [-0.39, 0.29) is 6.03 Å². The Labute approximate surface area is 139 Å². The van der Waals surface area contributed by atoms with E-state index in [1.165, 1.54) is 0 Å². The third-order valence-corrected chi connectivity index (χ3v) is 3.55. The van der Waals surface area contributed by atoms with Gasteiger partial charge in [0.1, 0.15) is 5.76 Å². The molecule has 0 bridgehead atoms. The summed E-state index contributed by atoms with van der Waals surface area (Å²) in [5, 5.41) is 3.50. The van der Waals surface area contributed by atoms with Crippen LogP contribution in [0, 0.1) is 0 Å². The lowest BCUT2D eigenvalue weighted by atomic mass is 10.2. The van der Waals surface area contributed by atoms with Gasteiger partial charge in [-0.15, -0.1) is 0 Å². The number of amides is 2. The van der Waals surface area contributed by atoms with E-state index < -0.39 is 0 Å². The quantitative estimate of drug-likeness (QED) is 0.718. The second kappa shape index (κ2) is 7.03. The van der Waals surface area contributed by atoms with Crippen LogP contribution in [0.15, 0.2) is 77.4 Å². The Morgan fingerprint density at radius 1 is 1.00 bits per heavy atom. The molecule has 3 rings (SSSR count). The van der Waals surface area contributed by atoms with Gasteiger partial charge in [0.2, 0.25) is 0 Å². The fraction of sp³-hybridized carbons (Fsp3) is 0.0556. The summed E-state index contributed by atoms with van der Waals surface area (Å²) in [5.41, 5.74) is 1.47. The predicted octanol–water partition coefficient (Wildman–Crippen LogP) is 5.17. The molecule has 0 spiro atoms. The van der Waals surface area contributed by atoms with Crippen LogP contribution >= 0.6 is 11.6 Å². The molecule has 0 radical (unpaired) electrons. The van der Waals surface area contributed by atoms with Crippen LogP contribution in [0.2, 0.25) is 5.02 Å². The third-order valence-electron chi connectivity index (χ3n) is 3.30. The first-order chi connectivity index (χ1) is 11.2. The summed E-state index contributed by atoms with van der Waals surface area (Å²) >= 11 is 5.93. The number of nitrogens with one attached hydrogen (secondary N) is 1. The highest BCUT2D eigenvalue weighted by atomic mass is 35.5. The number of rotatable bonds is 4. The van der Waals surface area contributed by atoms with E-state index in [0.29, 0.717) is 17.3 Å². The maximum absolute atomic E-state index is 12.7. The average Bonchev–Trinajstić information content (AvgIpc) is 3.08. The van der Waals surface area contributed by atoms with Crippen molar-refractivity contribution in [3.8, 4) is 0 Å². The third kappa shape index (κ3) is 3.93. The van der Waals surface area contributed by atoms with Gasteiger partial charge in [0.15, 0.2) is 0 Å². The van der Waals surface area contributed by atoms with Gasteiger partial charge in [0, 0.05) is 16.4 Å². The number of anilines is 2. The Balaban J connectivity index is 1.84. The molecule has 0 saturated carbocycles. The first-order valence-electron chi connectivity index (χ1n) is 7.14. The van der Waals surface area contributed by atoms with E-state index in [0.717, 1.165) is 11.4 Å². The van der Waals surface area contributed by atoms with Crippen LogP contribution in [0.3, 0.4) is 0 Å². The zero-order chi connectivity index (χ0) is 16.1. The van der Waals surface area contributed by atoms with Crippen LogP contribution < -0.4 is 10.2 Å². The molecule has 2 aromatic carbocycles. The van der Waals surface area contributed by atoms with Crippen molar-refractivity contribution in [1.29, 1.82) is 0 Å². The summed E-state index contributed by atoms with van der Waals surface area (Å²) in [4.78, 5) is 14.3. The molecule has 0 unspecified atom stereocenters. The summed E-state index contributed by atoms with van der Waals surface area (Å²) < 4.78 is 5.36. The zero-order valence-corrected chi connectivity index (χ0v) is 13.0. The van der Waals surface area contributed by atoms with E-state index in [4.69, 9.17) is 16.0 Å². The Morgan fingerprint density at radius 2 is 1.74 bits per heavy atom. The number of furan rings is 1. The predicted molar refractivity (Wildman–Crippen MR) is 91.8 cm³/mol. The van der Waals surface area contributed by atoms with Crippen LogP contribution in [0.25, 0.3) is 0 Å². The molecular formula is C18H15ClN2O2. The van der Waals surface area contributed by atoms with Crippen molar-refractivity contribution in [2.45, 2.75) is 6.54 Å². The number of nitrogens with zero attached hydrogens (tertiary/aromatic N) is 1. The smallest absolute Gasteiger partial charge is 0.326 e. The van der Waals surface area contributed by atoms with Gasteiger partial charge in [-0.2, -0.15) is 0 Å². The number of hydrogen-bond donors (Lipinski definition) is 1. The normalized spacial score (nSPS) is 10.3. The second-order valence-electron chi connectivity index (χ2n) is 4.94. The Bertz CT molecular complexity index is 755.